The fraction of sp³-hybridized carbons (Fsp3) is 0.333. The molecule has 0 saturated carbocycles. The number of hydrogen-bond acceptors (Lipinski definition) is 10. The van der Waals surface area contributed by atoms with Gasteiger partial charge in [-0.1, -0.05) is 56.9 Å². The van der Waals surface area contributed by atoms with Crippen LogP contribution in [0.25, 0.3) is 5.70 Å². The molecule has 0 radical (unpaired) electrons. The van der Waals surface area contributed by atoms with E-state index in [1.165, 1.54) is 21.6 Å². The summed E-state index contributed by atoms with van der Waals surface area (Å²) >= 11 is 12.2. The predicted octanol–water partition coefficient (Wildman–Crippen LogP) is 2.53. The third-order valence-corrected chi connectivity index (χ3v) is 6.63. The van der Waals surface area contributed by atoms with Crippen LogP contribution < -0.4 is 21.9 Å². The molecule has 1 aliphatic heterocycles. The van der Waals surface area contributed by atoms with Gasteiger partial charge in [0, 0.05) is 23.5 Å². The molecule has 158 valence electrons. The second-order valence-electron chi connectivity index (χ2n) is 5.42. The lowest BCUT2D eigenvalue weighted by Crippen LogP contribution is -2.49. The summed E-state index contributed by atoms with van der Waals surface area (Å²) < 4.78 is 0. The summed E-state index contributed by atoms with van der Waals surface area (Å²) in [7, 11) is 2.97. The smallest absolute Gasteiger partial charge is 0.294 e. The Hall–Kier alpha value is -2.02. The van der Waals surface area contributed by atoms with Crippen LogP contribution in [-0.4, -0.2) is 35.1 Å². The summed E-state index contributed by atoms with van der Waals surface area (Å²) in [5.74, 6) is 1.31. The Kier molecular flexibility index (Phi) is 9.51. The van der Waals surface area contributed by atoms with Crippen molar-refractivity contribution in [2.75, 3.05) is 18.1 Å². The van der Waals surface area contributed by atoms with E-state index < -0.39 is 5.09 Å². The van der Waals surface area contributed by atoms with Gasteiger partial charge in [-0.25, -0.2) is 0 Å². The van der Waals surface area contributed by atoms with Gasteiger partial charge in [-0.05, 0) is 12.5 Å². The minimum atomic E-state index is -0.819. The number of carbonyl (C=O) groups is 1. The van der Waals surface area contributed by atoms with Crippen LogP contribution in [0.1, 0.15) is 18.4 Å². The predicted molar refractivity (Wildman–Crippen MR) is 117 cm³/mol. The van der Waals surface area contributed by atoms with Gasteiger partial charge in [0.25, 0.3) is 5.09 Å². The van der Waals surface area contributed by atoms with Crippen molar-refractivity contribution in [1.82, 2.24) is 16.2 Å². The Bertz CT molecular complexity index is 824. The van der Waals surface area contributed by atoms with Gasteiger partial charge in [0.2, 0.25) is 11.9 Å². The molecule has 0 atom stereocenters. The van der Waals surface area contributed by atoms with E-state index in [4.69, 9.17) is 28.9 Å². The van der Waals surface area contributed by atoms with Crippen LogP contribution in [-0.2, 0) is 9.63 Å². The normalized spacial score (nSPS) is 13.2. The molecule has 5 N–H and O–H groups in total. The first kappa shape index (κ1) is 23.3. The fourth-order valence-corrected chi connectivity index (χ4v) is 4.40. The summed E-state index contributed by atoms with van der Waals surface area (Å²) in [5.41, 5.74) is 12.6. The number of rotatable bonds is 10. The molecule has 2 rings (SSSR count). The van der Waals surface area contributed by atoms with E-state index in [1.54, 1.807) is 18.2 Å². The second-order valence-corrected chi connectivity index (χ2v) is 8.91. The standard InChI is InChI=1S/C15H18Cl2N6O4S2/c16-10-4-1-3-9(12(10)17)13-14(18)20-15(22-21-13)19-11(24)5-2-7-28-29-8-6-27-23(25)26/h1,3-4,21H,2,5-8,18H2,(H2,19,20,22,24). The molecule has 0 aliphatic carbocycles. The number of benzene rings is 1. The van der Waals surface area contributed by atoms with Gasteiger partial charge < -0.3 is 10.6 Å². The van der Waals surface area contributed by atoms with Gasteiger partial charge in [0.05, 0.1) is 10.0 Å². The SMILES string of the molecule is NC1=C(c2cccc(Cl)c2Cl)NNC(NC(=O)CCCSSCCO[N+](=O)[O-])=N1. The third kappa shape index (κ3) is 7.72. The molecule has 0 unspecified atom stereocenters. The van der Waals surface area contributed by atoms with Crippen molar-refractivity contribution >= 4 is 62.4 Å². The molecule has 14 heteroatoms. The molecule has 10 nitrogen and oxygen atoms in total. The van der Waals surface area contributed by atoms with Gasteiger partial charge in [-0.15, -0.1) is 10.1 Å². The van der Waals surface area contributed by atoms with Gasteiger partial charge in [0.1, 0.15) is 12.3 Å². The zero-order chi connectivity index (χ0) is 21.2. The number of hydrogen-bond donors (Lipinski definition) is 4. The first-order valence-corrected chi connectivity index (χ1v) is 11.5. The summed E-state index contributed by atoms with van der Waals surface area (Å²) in [4.78, 5) is 30.3. The van der Waals surface area contributed by atoms with Gasteiger partial charge in [0.15, 0.2) is 5.82 Å². The van der Waals surface area contributed by atoms with Crippen LogP contribution in [0.5, 0.6) is 0 Å². The largest absolute Gasteiger partial charge is 0.382 e. The molecule has 0 saturated heterocycles. The summed E-state index contributed by atoms with van der Waals surface area (Å²) in [6, 6.07) is 5.13. The van der Waals surface area contributed by atoms with Crippen molar-refractivity contribution in [3.63, 3.8) is 0 Å². The minimum Gasteiger partial charge on any atom is -0.382 e. The van der Waals surface area contributed by atoms with Crippen molar-refractivity contribution in [2.45, 2.75) is 12.8 Å². The van der Waals surface area contributed by atoms with Crippen molar-refractivity contribution in [3.05, 3.63) is 49.7 Å². The highest BCUT2D eigenvalue weighted by molar-refractivity contribution is 8.76. The molecule has 1 aliphatic rings. The van der Waals surface area contributed by atoms with Crippen molar-refractivity contribution in [1.29, 1.82) is 0 Å². The van der Waals surface area contributed by atoms with Gasteiger partial charge >= 0.3 is 0 Å². The monoisotopic (exact) mass is 480 g/mol. The third-order valence-electron chi connectivity index (χ3n) is 3.35. The summed E-state index contributed by atoms with van der Waals surface area (Å²) in [6.45, 7) is 0.0426. The quantitative estimate of drug-likeness (QED) is 0.172. The first-order valence-electron chi connectivity index (χ1n) is 8.25. The van der Waals surface area contributed by atoms with Gasteiger partial charge in [-0.3, -0.25) is 21.0 Å². The zero-order valence-electron chi connectivity index (χ0n) is 14.9. The molecule has 0 fully saturated rings. The van der Waals surface area contributed by atoms with E-state index >= 15 is 0 Å². The number of nitrogens with two attached hydrogens (primary N) is 1. The van der Waals surface area contributed by atoms with E-state index in [0.29, 0.717) is 39.2 Å². The Morgan fingerprint density at radius 2 is 2.07 bits per heavy atom. The van der Waals surface area contributed by atoms with Crippen LogP contribution in [0.4, 0.5) is 0 Å². The van der Waals surface area contributed by atoms with E-state index in [1.807, 2.05) is 0 Å². The molecule has 1 amide bonds. The minimum absolute atomic E-state index is 0.0426. The number of carbonyl (C=O) groups excluding carboxylic acids is 1. The highest BCUT2D eigenvalue weighted by Gasteiger charge is 2.18. The van der Waals surface area contributed by atoms with Crippen LogP contribution >= 0.6 is 44.8 Å². The number of nitrogens with one attached hydrogen (secondary N) is 3. The maximum atomic E-state index is 12.0. The fourth-order valence-electron chi connectivity index (χ4n) is 2.10. The molecule has 0 spiro atoms. The average molecular weight is 481 g/mol. The summed E-state index contributed by atoms with van der Waals surface area (Å²) in [6.07, 6.45) is 0.922. The van der Waals surface area contributed by atoms with Crippen molar-refractivity contribution in [2.24, 2.45) is 10.7 Å². The van der Waals surface area contributed by atoms with Gasteiger partial charge in [-0.2, -0.15) is 4.99 Å². The molecule has 0 aromatic heterocycles. The number of guanidine groups is 1. The Morgan fingerprint density at radius 1 is 1.31 bits per heavy atom. The van der Waals surface area contributed by atoms with E-state index in [2.05, 4.69) is 26.0 Å². The number of hydrazine groups is 1. The second kappa shape index (κ2) is 11.9. The van der Waals surface area contributed by atoms with Crippen molar-refractivity contribution < 1.29 is 14.7 Å². The lowest BCUT2D eigenvalue weighted by molar-refractivity contribution is -0.756. The Morgan fingerprint density at radius 3 is 2.79 bits per heavy atom. The van der Waals surface area contributed by atoms with E-state index in [0.717, 1.165) is 0 Å². The first-order chi connectivity index (χ1) is 13.9. The van der Waals surface area contributed by atoms with Crippen LogP contribution in [0.15, 0.2) is 29.0 Å². The number of nitrogens with zero attached hydrogens (tertiary/aromatic N) is 2. The Labute approximate surface area is 184 Å². The molecule has 0 bridgehead atoms. The number of halogens is 2. The number of aliphatic imine (C=N–C) groups is 1. The highest BCUT2D eigenvalue weighted by Crippen LogP contribution is 2.30. The average Bonchev–Trinajstić information content (AvgIpc) is 2.66. The highest BCUT2D eigenvalue weighted by atomic mass is 35.5. The molecular weight excluding hydrogens is 463 g/mol. The molecular formula is C15H18Cl2N6O4S2. The topological polar surface area (TPSA) is 144 Å². The lowest BCUT2D eigenvalue weighted by Gasteiger charge is -2.22. The molecule has 1 aromatic rings. The van der Waals surface area contributed by atoms with Crippen LogP contribution in [0.3, 0.4) is 0 Å². The van der Waals surface area contributed by atoms with E-state index in [9.17, 15) is 14.9 Å². The van der Waals surface area contributed by atoms with Crippen LogP contribution in [0, 0.1) is 10.1 Å². The van der Waals surface area contributed by atoms with Crippen LogP contribution in [0.2, 0.25) is 10.0 Å². The summed E-state index contributed by atoms with van der Waals surface area (Å²) in [5, 5.41) is 12.5. The molecule has 1 heterocycles. The number of amides is 1. The molecule has 29 heavy (non-hydrogen) atoms. The maximum absolute atomic E-state index is 12.0. The zero-order valence-corrected chi connectivity index (χ0v) is 18.1. The Balaban J connectivity index is 1.75. The molecule has 1 aromatic carbocycles. The maximum Gasteiger partial charge on any atom is 0.294 e. The van der Waals surface area contributed by atoms with E-state index in [-0.39, 0.29) is 30.7 Å². The lowest BCUT2D eigenvalue weighted by atomic mass is 10.1. The van der Waals surface area contributed by atoms with Crippen molar-refractivity contribution in [3.8, 4) is 0 Å².